The van der Waals surface area contributed by atoms with E-state index in [9.17, 15) is 18.3 Å². The highest BCUT2D eigenvalue weighted by atomic mass is 32.2. The van der Waals surface area contributed by atoms with Crippen LogP contribution in [0.5, 0.6) is 5.75 Å². The van der Waals surface area contributed by atoms with E-state index in [0.29, 0.717) is 5.75 Å². The van der Waals surface area contributed by atoms with Crippen molar-refractivity contribution >= 4 is 16.0 Å². The molecule has 1 heterocycles. The summed E-state index contributed by atoms with van der Waals surface area (Å²) in [6.07, 6.45) is -0.400. The highest BCUT2D eigenvalue weighted by molar-refractivity contribution is 7.89. The molecule has 8 heteroatoms. The minimum Gasteiger partial charge on any atom is -0.481 e. The first-order valence-corrected chi connectivity index (χ1v) is 9.80. The Morgan fingerprint density at radius 1 is 1.31 bits per heavy atom. The van der Waals surface area contributed by atoms with E-state index in [1.807, 2.05) is 6.92 Å². The number of hydrogen-bond acceptors (Lipinski definition) is 5. The van der Waals surface area contributed by atoms with Crippen LogP contribution in [0.1, 0.15) is 27.2 Å². The molecule has 3 atom stereocenters. The predicted molar refractivity (Wildman–Crippen MR) is 95.3 cm³/mol. The first-order valence-electron chi connectivity index (χ1n) is 8.36. The summed E-state index contributed by atoms with van der Waals surface area (Å²) >= 11 is 0. The minimum absolute atomic E-state index is 0.0112. The number of benzene rings is 1. The number of rotatable bonds is 5. The molecule has 0 radical (unpaired) electrons. The van der Waals surface area contributed by atoms with Gasteiger partial charge in [-0.1, -0.05) is 12.8 Å². The zero-order chi connectivity index (χ0) is 19.3. The lowest BCUT2D eigenvalue weighted by Gasteiger charge is -2.39. The maximum atomic E-state index is 12.9. The zero-order valence-corrected chi connectivity index (χ0v) is 15.8. The van der Waals surface area contributed by atoms with Crippen molar-refractivity contribution in [3.05, 3.63) is 24.3 Å². The molecule has 0 aliphatic carbocycles. The molecule has 3 unspecified atom stereocenters. The number of nitrogens with zero attached hydrogens (tertiary/aromatic N) is 1. The van der Waals surface area contributed by atoms with E-state index in [1.165, 1.54) is 24.3 Å². The summed E-state index contributed by atoms with van der Waals surface area (Å²) in [5, 5.41) is 9.44. The molecule has 1 N–H and O–H groups in total. The molecule has 2 rings (SSSR count). The molecule has 1 saturated heterocycles. The van der Waals surface area contributed by atoms with Gasteiger partial charge in [-0.25, -0.2) is 8.42 Å². The van der Waals surface area contributed by atoms with E-state index in [1.54, 1.807) is 13.8 Å². The predicted octanol–water partition coefficient (Wildman–Crippen LogP) is 1.73. The van der Waals surface area contributed by atoms with Gasteiger partial charge in [0.15, 0.2) is 0 Å². The van der Waals surface area contributed by atoms with E-state index in [4.69, 9.17) is 9.47 Å². The summed E-state index contributed by atoms with van der Waals surface area (Å²) in [7, 11) is -3.98. The molecule has 1 aliphatic heterocycles. The van der Waals surface area contributed by atoms with Crippen molar-refractivity contribution in [1.82, 2.24) is 4.31 Å². The van der Waals surface area contributed by atoms with E-state index in [2.05, 4.69) is 11.8 Å². The van der Waals surface area contributed by atoms with Gasteiger partial charge in [-0.15, -0.1) is 5.92 Å². The highest BCUT2D eigenvalue weighted by Crippen LogP contribution is 2.27. The summed E-state index contributed by atoms with van der Waals surface area (Å²) < 4.78 is 37.8. The number of carboxylic acid groups (broad SMARTS) is 1. The molecule has 0 amide bonds. The van der Waals surface area contributed by atoms with Crippen LogP contribution in [0.2, 0.25) is 0 Å². The van der Waals surface area contributed by atoms with Gasteiger partial charge in [-0.05, 0) is 38.1 Å². The van der Waals surface area contributed by atoms with Gasteiger partial charge in [0.1, 0.15) is 18.4 Å². The average molecular weight is 381 g/mol. The molecular weight excluding hydrogens is 358 g/mol. The molecule has 142 valence electrons. The molecule has 0 spiro atoms. The van der Waals surface area contributed by atoms with Gasteiger partial charge >= 0.3 is 5.97 Å². The van der Waals surface area contributed by atoms with Crippen molar-refractivity contribution < 1.29 is 27.8 Å². The number of carbonyl (C=O) groups is 1. The summed E-state index contributed by atoms with van der Waals surface area (Å²) in [5.74, 6) is 4.97. The maximum Gasteiger partial charge on any atom is 0.324 e. The second-order valence-corrected chi connectivity index (χ2v) is 7.87. The molecule has 7 nitrogen and oxygen atoms in total. The molecule has 1 fully saturated rings. The minimum atomic E-state index is -3.98. The Morgan fingerprint density at radius 2 is 1.96 bits per heavy atom. The van der Waals surface area contributed by atoms with E-state index in [0.717, 1.165) is 10.7 Å². The van der Waals surface area contributed by atoms with Crippen LogP contribution in [-0.4, -0.2) is 55.2 Å². The second kappa shape index (κ2) is 8.54. The largest absolute Gasteiger partial charge is 0.481 e. The standard InChI is InChI=1S/C18H23NO6S/c1-4-5-6-11-24-15-7-9-16(10-8-15)26(22,23)19-12-13(2)25-14(3)17(19)18(20)21/h7-10,13-14,17H,4,11-12H2,1-3H3,(H,20,21). The molecule has 0 bridgehead atoms. The van der Waals surface area contributed by atoms with Gasteiger partial charge in [0.05, 0.1) is 17.1 Å². The van der Waals surface area contributed by atoms with Crippen LogP contribution >= 0.6 is 0 Å². The maximum absolute atomic E-state index is 12.9. The monoisotopic (exact) mass is 381 g/mol. The third-order valence-corrected chi connectivity index (χ3v) is 5.80. The van der Waals surface area contributed by atoms with Crippen LogP contribution in [0.3, 0.4) is 0 Å². The lowest BCUT2D eigenvalue weighted by atomic mass is 10.1. The fraction of sp³-hybridized carbons (Fsp3) is 0.500. The first-order chi connectivity index (χ1) is 12.3. The van der Waals surface area contributed by atoms with Crippen molar-refractivity contribution in [3.8, 4) is 17.6 Å². The smallest absolute Gasteiger partial charge is 0.324 e. The van der Waals surface area contributed by atoms with Crippen LogP contribution in [0.4, 0.5) is 0 Å². The normalized spacial score (nSPS) is 23.7. The van der Waals surface area contributed by atoms with E-state index < -0.39 is 34.2 Å². The molecule has 1 aromatic rings. The second-order valence-electron chi connectivity index (χ2n) is 5.98. The Kier molecular flexibility index (Phi) is 6.64. The van der Waals surface area contributed by atoms with Crippen LogP contribution in [0.15, 0.2) is 29.2 Å². The molecular formula is C18H23NO6S. The van der Waals surface area contributed by atoms with Crippen molar-refractivity contribution in [1.29, 1.82) is 0 Å². The molecule has 26 heavy (non-hydrogen) atoms. The lowest BCUT2D eigenvalue weighted by Crippen LogP contribution is -2.58. The number of sulfonamides is 1. The fourth-order valence-corrected chi connectivity index (χ4v) is 4.51. The Morgan fingerprint density at radius 3 is 2.54 bits per heavy atom. The SMILES string of the molecule is CCC#CCOc1ccc(S(=O)(=O)N2CC(C)OC(C)C2C(=O)O)cc1. The summed E-state index contributed by atoms with van der Waals surface area (Å²) in [4.78, 5) is 11.6. The Labute approximate surface area is 154 Å². The number of ether oxygens (including phenoxy) is 2. The molecule has 0 saturated carbocycles. The molecule has 1 aromatic carbocycles. The van der Waals surface area contributed by atoms with Crippen LogP contribution in [0.25, 0.3) is 0 Å². The van der Waals surface area contributed by atoms with Crippen molar-refractivity contribution in [2.45, 2.75) is 50.3 Å². The van der Waals surface area contributed by atoms with Crippen LogP contribution in [-0.2, 0) is 19.6 Å². The van der Waals surface area contributed by atoms with Crippen LogP contribution < -0.4 is 4.74 Å². The molecule has 1 aliphatic rings. The van der Waals surface area contributed by atoms with E-state index in [-0.39, 0.29) is 18.0 Å². The van der Waals surface area contributed by atoms with Crippen molar-refractivity contribution in [3.63, 3.8) is 0 Å². The Bertz CT molecular complexity index is 793. The quantitative estimate of drug-likeness (QED) is 0.781. The number of morpholine rings is 1. The van der Waals surface area contributed by atoms with Gasteiger partial charge in [-0.3, -0.25) is 4.79 Å². The molecule has 0 aromatic heterocycles. The van der Waals surface area contributed by atoms with Gasteiger partial charge in [0, 0.05) is 13.0 Å². The zero-order valence-electron chi connectivity index (χ0n) is 15.0. The van der Waals surface area contributed by atoms with Gasteiger partial charge in [0.25, 0.3) is 0 Å². The van der Waals surface area contributed by atoms with Crippen molar-refractivity contribution in [2.75, 3.05) is 13.2 Å². The first kappa shape index (κ1) is 20.2. The average Bonchev–Trinajstić information content (AvgIpc) is 2.58. The van der Waals surface area contributed by atoms with Gasteiger partial charge in [-0.2, -0.15) is 4.31 Å². The third kappa shape index (κ3) is 4.55. The fourth-order valence-electron chi connectivity index (χ4n) is 2.80. The topological polar surface area (TPSA) is 93.1 Å². The number of carboxylic acids is 1. The van der Waals surface area contributed by atoms with E-state index >= 15 is 0 Å². The van der Waals surface area contributed by atoms with Crippen LogP contribution in [0, 0.1) is 11.8 Å². The van der Waals surface area contributed by atoms with Gasteiger partial charge < -0.3 is 14.6 Å². The third-order valence-electron chi connectivity index (χ3n) is 3.94. The summed E-state index contributed by atoms with van der Waals surface area (Å²) in [6, 6.07) is 4.60. The van der Waals surface area contributed by atoms with Crippen molar-refractivity contribution in [2.24, 2.45) is 0 Å². The highest BCUT2D eigenvalue weighted by Gasteiger charge is 2.44. The van der Waals surface area contributed by atoms with Gasteiger partial charge in [0.2, 0.25) is 10.0 Å². The Hall–Kier alpha value is -2.08. The Balaban J connectivity index is 2.23. The summed E-state index contributed by atoms with van der Waals surface area (Å²) in [5.41, 5.74) is 0. The lowest BCUT2D eigenvalue weighted by molar-refractivity contribution is -0.155. The number of hydrogen-bond donors (Lipinski definition) is 1. The number of aliphatic carboxylic acids is 1. The summed E-state index contributed by atoms with van der Waals surface area (Å²) in [6.45, 7) is 5.41.